The summed E-state index contributed by atoms with van der Waals surface area (Å²) >= 11 is 0. The van der Waals surface area contributed by atoms with Crippen molar-refractivity contribution in [2.45, 2.75) is 26.4 Å². The van der Waals surface area contributed by atoms with Crippen molar-refractivity contribution in [3.63, 3.8) is 0 Å². The monoisotopic (exact) mass is 370 g/mol. The summed E-state index contributed by atoms with van der Waals surface area (Å²) < 4.78 is 14.4. The Bertz CT molecular complexity index is 1100. The van der Waals surface area contributed by atoms with Crippen molar-refractivity contribution in [2.24, 2.45) is 0 Å². The van der Waals surface area contributed by atoms with Crippen molar-refractivity contribution in [1.82, 2.24) is 19.4 Å². The third kappa shape index (κ3) is 3.79. The zero-order chi connectivity index (χ0) is 19.6. The van der Waals surface area contributed by atoms with Crippen LogP contribution in [0.2, 0.25) is 0 Å². The van der Waals surface area contributed by atoms with Crippen LogP contribution in [-0.2, 0) is 13.1 Å². The van der Waals surface area contributed by atoms with Crippen LogP contribution < -0.4 is 11.2 Å². The van der Waals surface area contributed by atoms with Gasteiger partial charge in [-0.05, 0) is 30.2 Å². The first kappa shape index (κ1) is 18.5. The minimum atomic E-state index is -0.578. The summed E-state index contributed by atoms with van der Waals surface area (Å²) in [5, 5.41) is 0.184. The Balaban J connectivity index is 1.94. The van der Waals surface area contributed by atoms with Crippen LogP contribution in [0, 0.1) is 5.82 Å². The highest BCUT2D eigenvalue weighted by atomic mass is 19.1. The summed E-state index contributed by atoms with van der Waals surface area (Å²) in [7, 11) is 1.61. The molecule has 1 N–H and O–H groups in total. The summed E-state index contributed by atoms with van der Waals surface area (Å²) in [5.41, 5.74) is 0.165. The van der Waals surface area contributed by atoms with Crippen LogP contribution in [0.5, 0.6) is 0 Å². The number of amides is 1. The number of aromatic amines is 1. The van der Waals surface area contributed by atoms with Crippen LogP contribution in [0.15, 0.2) is 46.1 Å². The molecular formula is C19H19FN4O3. The molecule has 0 unspecified atom stereocenters. The molecule has 0 aliphatic rings. The largest absolute Gasteiger partial charge is 0.337 e. The Morgan fingerprint density at radius 3 is 2.63 bits per heavy atom. The lowest BCUT2D eigenvalue weighted by Crippen LogP contribution is -2.31. The molecular weight excluding hydrogens is 351 g/mol. The first-order valence-electron chi connectivity index (χ1n) is 8.53. The van der Waals surface area contributed by atoms with Gasteiger partial charge in [0.05, 0.1) is 10.9 Å². The molecule has 7 nitrogen and oxygen atoms in total. The fourth-order valence-electron chi connectivity index (χ4n) is 2.87. The van der Waals surface area contributed by atoms with Gasteiger partial charge < -0.3 is 4.90 Å². The Hall–Kier alpha value is -3.29. The lowest BCUT2D eigenvalue weighted by molar-refractivity contribution is 0.0785. The summed E-state index contributed by atoms with van der Waals surface area (Å²) in [6, 6.07) is 7.31. The summed E-state index contributed by atoms with van der Waals surface area (Å²) in [5.74, 6) is -0.676. The Morgan fingerprint density at radius 2 is 1.96 bits per heavy atom. The van der Waals surface area contributed by atoms with Crippen molar-refractivity contribution in [1.29, 1.82) is 0 Å². The van der Waals surface area contributed by atoms with Crippen LogP contribution in [0.25, 0.3) is 11.0 Å². The molecule has 3 rings (SSSR count). The fourth-order valence-corrected chi connectivity index (χ4v) is 2.87. The van der Waals surface area contributed by atoms with E-state index in [-0.39, 0.29) is 34.9 Å². The van der Waals surface area contributed by atoms with Crippen LogP contribution >= 0.6 is 0 Å². The average Bonchev–Trinajstić information content (AvgIpc) is 2.66. The molecule has 2 heterocycles. The molecule has 1 aromatic carbocycles. The topological polar surface area (TPSA) is 88.1 Å². The van der Waals surface area contributed by atoms with Crippen molar-refractivity contribution < 1.29 is 9.18 Å². The Morgan fingerprint density at radius 1 is 1.26 bits per heavy atom. The maximum atomic E-state index is 13.0. The lowest BCUT2D eigenvalue weighted by atomic mass is 10.1. The number of hydrogen-bond donors (Lipinski definition) is 1. The summed E-state index contributed by atoms with van der Waals surface area (Å²) in [4.78, 5) is 44.7. The molecule has 0 saturated heterocycles. The quantitative estimate of drug-likeness (QED) is 0.743. The van der Waals surface area contributed by atoms with E-state index in [9.17, 15) is 18.8 Å². The van der Waals surface area contributed by atoms with E-state index in [4.69, 9.17) is 0 Å². The first-order valence-corrected chi connectivity index (χ1v) is 8.53. The highest BCUT2D eigenvalue weighted by molar-refractivity contribution is 5.96. The van der Waals surface area contributed by atoms with E-state index in [1.54, 1.807) is 19.2 Å². The molecule has 27 heavy (non-hydrogen) atoms. The molecule has 0 aliphatic carbocycles. The van der Waals surface area contributed by atoms with Crippen LogP contribution in [-0.4, -0.2) is 32.4 Å². The van der Waals surface area contributed by atoms with Crippen molar-refractivity contribution >= 4 is 16.9 Å². The predicted molar refractivity (Wildman–Crippen MR) is 99.1 cm³/mol. The van der Waals surface area contributed by atoms with Gasteiger partial charge in [0, 0.05) is 26.3 Å². The molecule has 0 aliphatic heterocycles. The second kappa shape index (κ2) is 7.53. The third-order valence-electron chi connectivity index (χ3n) is 4.21. The number of benzene rings is 1. The number of rotatable bonds is 5. The van der Waals surface area contributed by atoms with E-state index in [1.165, 1.54) is 33.9 Å². The molecule has 8 heteroatoms. The second-order valence-corrected chi connectivity index (χ2v) is 6.29. The minimum absolute atomic E-state index is 0.184. The van der Waals surface area contributed by atoms with E-state index in [0.717, 1.165) is 5.56 Å². The van der Waals surface area contributed by atoms with Crippen LogP contribution in [0.1, 0.15) is 29.3 Å². The van der Waals surface area contributed by atoms with Gasteiger partial charge in [-0.15, -0.1) is 0 Å². The number of halogens is 1. The van der Waals surface area contributed by atoms with Crippen molar-refractivity contribution in [3.05, 3.63) is 74.3 Å². The number of nitrogens with zero attached hydrogens (tertiary/aromatic N) is 3. The molecule has 3 aromatic rings. The van der Waals surface area contributed by atoms with E-state index in [2.05, 4.69) is 9.97 Å². The second-order valence-electron chi connectivity index (χ2n) is 6.29. The highest BCUT2D eigenvalue weighted by Gasteiger charge is 2.16. The average molecular weight is 370 g/mol. The number of carbonyl (C=O) groups is 1. The van der Waals surface area contributed by atoms with E-state index in [0.29, 0.717) is 13.0 Å². The number of carbonyl (C=O) groups excluding carboxylic acids is 1. The standard InChI is InChI=1S/C19H19FN4O3/c1-3-8-24-16-15(17(25)22-19(24)27)9-13(10-21-16)18(26)23(2)11-12-4-6-14(20)7-5-12/h4-7,9-10H,3,8,11H2,1-2H3,(H,22,25,27). The smallest absolute Gasteiger partial charge is 0.329 e. The minimum Gasteiger partial charge on any atom is -0.337 e. The number of aromatic nitrogens is 3. The van der Waals surface area contributed by atoms with E-state index in [1.807, 2.05) is 6.92 Å². The summed E-state index contributed by atoms with van der Waals surface area (Å²) in [6.45, 7) is 2.60. The van der Waals surface area contributed by atoms with Gasteiger partial charge >= 0.3 is 5.69 Å². The molecule has 0 spiro atoms. The van der Waals surface area contributed by atoms with Gasteiger partial charge in [-0.2, -0.15) is 0 Å². The van der Waals surface area contributed by atoms with E-state index < -0.39 is 11.2 Å². The SMILES string of the molecule is CCCn1c(=O)[nH]c(=O)c2cc(C(=O)N(C)Cc3ccc(F)cc3)cnc21. The molecule has 2 aromatic heterocycles. The van der Waals surface area contributed by atoms with Crippen molar-refractivity contribution in [2.75, 3.05) is 7.05 Å². The molecule has 1 amide bonds. The number of pyridine rings is 1. The molecule has 0 bridgehead atoms. The molecule has 0 atom stereocenters. The van der Waals surface area contributed by atoms with Gasteiger partial charge in [-0.25, -0.2) is 14.2 Å². The molecule has 0 fully saturated rings. The number of aryl methyl sites for hydroxylation is 1. The molecule has 140 valence electrons. The van der Waals surface area contributed by atoms with Crippen molar-refractivity contribution in [3.8, 4) is 0 Å². The maximum absolute atomic E-state index is 13.0. The Kier molecular flexibility index (Phi) is 5.16. The van der Waals surface area contributed by atoms with Crippen LogP contribution in [0.4, 0.5) is 4.39 Å². The number of hydrogen-bond acceptors (Lipinski definition) is 4. The van der Waals surface area contributed by atoms with Gasteiger partial charge in [0.2, 0.25) is 0 Å². The summed E-state index contributed by atoms with van der Waals surface area (Å²) in [6.07, 6.45) is 2.06. The number of H-pyrrole nitrogens is 1. The zero-order valence-corrected chi connectivity index (χ0v) is 15.0. The molecule has 0 saturated carbocycles. The Labute approximate surface area is 154 Å². The van der Waals surface area contributed by atoms with Gasteiger partial charge in [-0.1, -0.05) is 19.1 Å². The van der Waals surface area contributed by atoms with Gasteiger partial charge in [0.15, 0.2) is 0 Å². The first-order chi connectivity index (χ1) is 12.9. The van der Waals surface area contributed by atoms with Crippen LogP contribution in [0.3, 0.4) is 0 Å². The van der Waals surface area contributed by atoms with E-state index >= 15 is 0 Å². The third-order valence-corrected chi connectivity index (χ3v) is 4.21. The zero-order valence-electron chi connectivity index (χ0n) is 15.0. The van der Waals surface area contributed by atoms with Gasteiger partial charge in [0.1, 0.15) is 11.5 Å². The maximum Gasteiger partial charge on any atom is 0.329 e. The van der Waals surface area contributed by atoms with Gasteiger partial charge in [0.25, 0.3) is 11.5 Å². The predicted octanol–water partition coefficient (Wildman–Crippen LogP) is 1.91. The number of nitrogens with one attached hydrogen (secondary N) is 1. The van der Waals surface area contributed by atoms with Gasteiger partial charge in [-0.3, -0.25) is 19.1 Å². The molecule has 0 radical (unpaired) electrons. The normalized spacial score (nSPS) is 10.9. The number of fused-ring (bicyclic) bond motifs is 1. The lowest BCUT2D eigenvalue weighted by Gasteiger charge is -2.17. The fraction of sp³-hybridized carbons (Fsp3) is 0.263. The highest BCUT2D eigenvalue weighted by Crippen LogP contribution is 2.12.